The number of rotatable bonds is 8. The lowest BCUT2D eigenvalue weighted by molar-refractivity contribution is -0.141. The Morgan fingerprint density at radius 3 is 2.57 bits per heavy atom. The maximum absolute atomic E-state index is 13.1. The summed E-state index contributed by atoms with van der Waals surface area (Å²) in [6, 6.07) is 10.5. The van der Waals surface area contributed by atoms with Crippen LogP contribution in [0.4, 0.5) is 0 Å². The second-order valence-electron chi connectivity index (χ2n) is 8.12. The molecule has 2 heterocycles. The van der Waals surface area contributed by atoms with Crippen molar-refractivity contribution in [1.82, 2.24) is 9.80 Å². The van der Waals surface area contributed by atoms with Gasteiger partial charge >= 0.3 is 0 Å². The largest absolute Gasteiger partial charge is 0.382 e. The lowest BCUT2D eigenvalue weighted by atomic mass is 9.89. The molecular weight excluding hydrogens is 384 g/mol. The molecule has 0 N–H and O–H groups in total. The van der Waals surface area contributed by atoms with Crippen LogP contribution in [0.1, 0.15) is 18.4 Å². The minimum absolute atomic E-state index is 0.00908. The molecule has 30 heavy (non-hydrogen) atoms. The van der Waals surface area contributed by atoms with Crippen LogP contribution in [0.15, 0.2) is 30.3 Å². The summed E-state index contributed by atoms with van der Waals surface area (Å²) in [5.74, 6) is 0.314. The van der Waals surface area contributed by atoms with E-state index >= 15 is 0 Å². The van der Waals surface area contributed by atoms with Gasteiger partial charge < -0.3 is 24.0 Å². The van der Waals surface area contributed by atoms with E-state index in [0.29, 0.717) is 45.4 Å². The highest BCUT2D eigenvalue weighted by molar-refractivity contribution is 5.81. The average molecular weight is 419 g/mol. The fourth-order valence-electron chi connectivity index (χ4n) is 4.14. The smallest absolute Gasteiger partial charge is 0.248 e. The third-order valence-electron chi connectivity index (χ3n) is 5.92. The van der Waals surface area contributed by atoms with E-state index in [2.05, 4.69) is 24.3 Å². The van der Waals surface area contributed by atoms with Crippen LogP contribution in [0.25, 0.3) is 0 Å². The first-order chi connectivity index (χ1) is 14.7. The summed E-state index contributed by atoms with van der Waals surface area (Å²) >= 11 is 0. The Balaban J connectivity index is 1.46. The number of carbonyl (C=O) groups excluding carboxylic acids is 2. The Bertz CT molecular complexity index is 661. The van der Waals surface area contributed by atoms with E-state index in [1.807, 2.05) is 11.0 Å². The molecule has 0 saturated carbocycles. The molecule has 2 aliphatic heterocycles. The number of amides is 2. The molecule has 1 aromatic rings. The predicted octanol–water partition coefficient (Wildman–Crippen LogP) is 1.61. The summed E-state index contributed by atoms with van der Waals surface area (Å²) in [5.41, 5.74) is 1.36. The summed E-state index contributed by atoms with van der Waals surface area (Å²) in [6.45, 7) is 4.12. The second-order valence-corrected chi connectivity index (χ2v) is 8.12. The lowest BCUT2D eigenvalue weighted by Crippen LogP contribution is -2.47. The van der Waals surface area contributed by atoms with E-state index in [0.717, 1.165) is 32.4 Å². The first-order valence-electron chi connectivity index (χ1n) is 10.9. The van der Waals surface area contributed by atoms with Crippen molar-refractivity contribution in [2.45, 2.75) is 19.3 Å². The van der Waals surface area contributed by atoms with Crippen molar-refractivity contribution >= 4 is 11.8 Å². The summed E-state index contributed by atoms with van der Waals surface area (Å²) in [6.07, 6.45) is 3.11. The number of carbonyl (C=O) groups is 2. The number of ether oxygens (including phenoxy) is 3. The van der Waals surface area contributed by atoms with Gasteiger partial charge in [-0.15, -0.1) is 0 Å². The molecule has 166 valence electrons. The molecule has 1 aromatic carbocycles. The molecule has 3 rings (SSSR count). The Labute approximate surface area is 179 Å². The molecular formula is C23H34N2O5. The van der Waals surface area contributed by atoms with Crippen molar-refractivity contribution in [3.63, 3.8) is 0 Å². The lowest BCUT2D eigenvalue weighted by Gasteiger charge is -2.34. The summed E-state index contributed by atoms with van der Waals surface area (Å²) < 4.78 is 15.9. The van der Waals surface area contributed by atoms with Crippen LogP contribution in [-0.4, -0.2) is 87.9 Å². The van der Waals surface area contributed by atoms with Crippen LogP contribution < -0.4 is 0 Å². The standard InChI is InChI=1S/C23H34N2O5/c1-28-13-14-30-18-22(26)25-11-12-29-17-21(16-25)23(27)24-9-7-20(8-10-24)15-19-5-3-2-4-6-19/h2-6,20-21H,7-18H2,1H3. The minimum Gasteiger partial charge on any atom is -0.382 e. The van der Waals surface area contributed by atoms with Crippen LogP contribution in [-0.2, 0) is 30.2 Å². The van der Waals surface area contributed by atoms with Crippen LogP contribution >= 0.6 is 0 Å². The van der Waals surface area contributed by atoms with Crippen molar-refractivity contribution in [2.24, 2.45) is 11.8 Å². The van der Waals surface area contributed by atoms with E-state index in [-0.39, 0.29) is 24.3 Å². The van der Waals surface area contributed by atoms with Crippen LogP contribution in [0.2, 0.25) is 0 Å². The molecule has 0 radical (unpaired) electrons. The fourth-order valence-corrected chi connectivity index (χ4v) is 4.14. The first-order valence-corrected chi connectivity index (χ1v) is 10.9. The van der Waals surface area contributed by atoms with Crippen molar-refractivity contribution in [1.29, 1.82) is 0 Å². The molecule has 0 aliphatic carbocycles. The highest BCUT2D eigenvalue weighted by Crippen LogP contribution is 2.23. The maximum Gasteiger partial charge on any atom is 0.248 e. The highest BCUT2D eigenvalue weighted by Gasteiger charge is 2.32. The summed E-state index contributed by atoms with van der Waals surface area (Å²) in [7, 11) is 1.60. The van der Waals surface area contributed by atoms with Gasteiger partial charge in [0.2, 0.25) is 11.8 Å². The zero-order chi connectivity index (χ0) is 21.2. The van der Waals surface area contributed by atoms with E-state index < -0.39 is 0 Å². The molecule has 7 nitrogen and oxygen atoms in total. The van der Waals surface area contributed by atoms with E-state index in [4.69, 9.17) is 14.2 Å². The molecule has 7 heteroatoms. The molecule has 2 fully saturated rings. The minimum atomic E-state index is -0.305. The number of benzene rings is 1. The predicted molar refractivity (Wildman–Crippen MR) is 113 cm³/mol. The van der Waals surface area contributed by atoms with Gasteiger partial charge in [0, 0.05) is 33.3 Å². The van der Waals surface area contributed by atoms with Crippen LogP contribution in [0, 0.1) is 11.8 Å². The normalized spacial score (nSPS) is 20.8. The Hall–Kier alpha value is -1.96. The summed E-state index contributed by atoms with van der Waals surface area (Å²) in [4.78, 5) is 29.2. The second kappa shape index (κ2) is 12.0. The third kappa shape index (κ3) is 6.79. The fraction of sp³-hybridized carbons (Fsp3) is 0.652. The number of piperidine rings is 1. The van der Waals surface area contributed by atoms with Gasteiger partial charge in [-0.25, -0.2) is 0 Å². The molecule has 2 saturated heterocycles. The molecule has 0 aromatic heterocycles. The van der Waals surface area contributed by atoms with Crippen molar-refractivity contribution in [2.75, 3.05) is 66.3 Å². The molecule has 1 unspecified atom stereocenters. The zero-order valence-electron chi connectivity index (χ0n) is 18.0. The van der Waals surface area contributed by atoms with Gasteiger partial charge in [0.05, 0.1) is 32.3 Å². The van der Waals surface area contributed by atoms with E-state index in [1.54, 1.807) is 12.0 Å². The number of hydrogen-bond donors (Lipinski definition) is 0. The SMILES string of the molecule is COCCOCC(=O)N1CCOCC(C(=O)N2CCC(Cc3ccccc3)CC2)C1. The first kappa shape index (κ1) is 22.7. The zero-order valence-corrected chi connectivity index (χ0v) is 18.0. The number of methoxy groups -OCH3 is 1. The van der Waals surface area contributed by atoms with Crippen molar-refractivity contribution < 1.29 is 23.8 Å². The van der Waals surface area contributed by atoms with Gasteiger partial charge in [-0.3, -0.25) is 9.59 Å². The maximum atomic E-state index is 13.1. The Kier molecular flexibility index (Phi) is 9.11. The van der Waals surface area contributed by atoms with Crippen molar-refractivity contribution in [3.05, 3.63) is 35.9 Å². The molecule has 1 atom stereocenters. The Morgan fingerprint density at radius 2 is 1.83 bits per heavy atom. The third-order valence-corrected chi connectivity index (χ3v) is 5.92. The van der Waals surface area contributed by atoms with E-state index in [9.17, 15) is 9.59 Å². The van der Waals surface area contributed by atoms with Crippen LogP contribution in [0.5, 0.6) is 0 Å². The van der Waals surface area contributed by atoms with Gasteiger partial charge in [-0.2, -0.15) is 0 Å². The van der Waals surface area contributed by atoms with Gasteiger partial charge in [-0.05, 0) is 30.7 Å². The number of hydrogen-bond acceptors (Lipinski definition) is 5. The highest BCUT2D eigenvalue weighted by atomic mass is 16.5. The topological polar surface area (TPSA) is 68.3 Å². The monoisotopic (exact) mass is 418 g/mol. The van der Waals surface area contributed by atoms with Crippen molar-refractivity contribution in [3.8, 4) is 0 Å². The molecule has 2 aliphatic rings. The van der Waals surface area contributed by atoms with Crippen LogP contribution in [0.3, 0.4) is 0 Å². The number of likely N-dealkylation sites (tertiary alicyclic amines) is 1. The molecule has 0 bridgehead atoms. The number of nitrogens with zero attached hydrogens (tertiary/aromatic N) is 2. The van der Waals surface area contributed by atoms with Gasteiger partial charge in [0.15, 0.2) is 0 Å². The summed E-state index contributed by atoms with van der Waals surface area (Å²) in [5, 5.41) is 0. The molecule has 2 amide bonds. The van der Waals surface area contributed by atoms with Gasteiger partial charge in [0.25, 0.3) is 0 Å². The molecule has 0 spiro atoms. The average Bonchev–Trinajstić information content (AvgIpc) is 3.04. The quantitative estimate of drug-likeness (QED) is 0.600. The van der Waals surface area contributed by atoms with Gasteiger partial charge in [0.1, 0.15) is 6.61 Å². The van der Waals surface area contributed by atoms with Gasteiger partial charge in [-0.1, -0.05) is 30.3 Å². The Morgan fingerprint density at radius 1 is 1.07 bits per heavy atom. The van der Waals surface area contributed by atoms with E-state index in [1.165, 1.54) is 5.56 Å².